The van der Waals surface area contributed by atoms with Crippen molar-refractivity contribution in [2.75, 3.05) is 13.1 Å². The van der Waals surface area contributed by atoms with E-state index in [0.29, 0.717) is 18.1 Å². The molecule has 4 unspecified atom stereocenters. The van der Waals surface area contributed by atoms with Gasteiger partial charge in [-0.1, -0.05) is 6.42 Å². The highest BCUT2D eigenvalue weighted by Gasteiger charge is 2.39. The maximum atomic E-state index is 10.1. The second-order valence-corrected chi connectivity index (χ2v) is 6.07. The highest BCUT2D eigenvalue weighted by Crippen LogP contribution is 2.32. The van der Waals surface area contributed by atoms with Gasteiger partial charge in [0.25, 0.3) is 0 Å². The molecule has 3 rings (SSSR count). The van der Waals surface area contributed by atoms with E-state index >= 15 is 0 Å². The Balaban J connectivity index is 1.70. The van der Waals surface area contributed by atoms with Gasteiger partial charge in [-0.05, 0) is 58.0 Å². The van der Waals surface area contributed by atoms with Crippen molar-refractivity contribution in [3.05, 3.63) is 0 Å². The number of rotatable bonds is 2. The normalized spacial score (nSPS) is 44.3. The molecule has 3 fully saturated rings. The summed E-state index contributed by atoms with van der Waals surface area (Å²) in [7, 11) is 0. The molecule has 3 nitrogen and oxygen atoms in total. The first-order valence-electron chi connectivity index (χ1n) is 7.53. The number of nitrogens with one attached hydrogen (secondary N) is 1. The minimum Gasteiger partial charge on any atom is -0.391 e. The second-order valence-electron chi connectivity index (χ2n) is 6.07. The highest BCUT2D eigenvalue weighted by molar-refractivity contribution is 4.96. The molecule has 2 N–H and O–H groups in total. The van der Waals surface area contributed by atoms with Crippen molar-refractivity contribution < 1.29 is 5.11 Å². The number of nitrogens with zero attached hydrogens (tertiary/aromatic N) is 1. The van der Waals surface area contributed by atoms with Crippen LogP contribution in [0.5, 0.6) is 0 Å². The Morgan fingerprint density at radius 1 is 0.882 bits per heavy atom. The number of hydrogen-bond acceptors (Lipinski definition) is 3. The number of likely N-dealkylation sites (tertiary alicyclic amines) is 1. The summed E-state index contributed by atoms with van der Waals surface area (Å²) >= 11 is 0. The lowest BCUT2D eigenvalue weighted by Crippen LogP contribution is -2.55. The summed E-state index contributed by atoms with van der Waals surface area (Å²) in [6.45, 7) is 2.41. The third-order valence-corrected chi connectivity index (χ3v) is 5.02. The van der Waals surface area contributed by atoms with Gasteiger partial charge in [0.2, 0.25) is 0 Å². The van der Waals surface area contributed by atoms with Gasteiger partial charge in [0.05, 0.1) is 6.10 Å². The van der Waals surface area contributed by atoms with Crippen molar-refractivity contribution in [1.29, 1.82) is 0 Å². The van der Waals surface area contributed by atoms with Crippen LogP contribution in [0.4, 0.5) is 0 Å². The van der Waals surface area contributed by atoms with Gasteiger partial charge in [-0.15, -0.1) is 0 Å². The highest BCUT2D eigenvalue weighted by atomic mass is 16.3. The molecule has 0 aromatic rings. The molecular weight excluding hydrogens is 212 g/mol. The first kappa shape index (κ1) is 11.9. The molecule has 0 amide bonds. The van der Waals surface area contributed by atoms with E-state index in [-0.39, 0.29) is 6.10 Å². The lowest BCUT2D eigenvalue weighted by Gasteiger charge is -2.43. The average molecular weight is 238 g/mol. The van der Waals surface area contributed by atoms with E-state index in [1.165, 1.54) is 58.0 Å². The predicted octanol–water partition coefficient (Wildman–Crippen LogP) is 1.51. The Kier molecular flexibility index (Phi) is 3.69. The van der Waals surface area contributed by atoms with Crippen LogP contribution >= 0.6 is 0 Å². The van der Waals surface area contributed by atoms with Gasteiger partial charge in [0.15, 0.2) is 0 Å². The molecule has 1 saturated carbocycles. The number of aliphatic hydroxyl groups is 1. The van der Waals surface area contributed by atoms with Gasteiger partial charge in [0.1, 0.15) is 0 Å². The van der Waals surface area contributed by atoms with Gasteiger partial charge in [-0.25, -0.2) is 0 Å². The van der Waals surface area contributed by atoms with Crippen molar-refractivity contribution in [1.82, 2.24) is 10.2 Å². The fourth-order valence-electron chi connectivity index (χ4n) is 4.17. The van der Waals surface area contributed by atoms with Crippen molar-refractivity contribution in [3.63, 3.8) is 0 Å². The molecule has 3 aliphatic rings. The fraction of sp³-hybridized carbons (Fsp3) is 1.00. The zero-order valence-corrected chi connectivity index (χ0v) is 10.8. The summed E-state index contributed by atoms with van der Waals surface area (Å²) < 4.78 is 0. The second kappa shape index (κ2) is 5.25. The van der Waals surface area contributed by atoms with Crippen molar-refractivity contribution in [3.8, 4) is 0 Å². The van der Waals surface area contributed by atoms with Crippen LogP contribution in [0.25, 0.3) is 0 Å². The molecule has 17 heavy (non-hydrogen) atoms. The summed E-state index contributed by atoms with van der Waals surface area (Å²) in [5, 5.41) is 13.8. The molecule has 0 spiro atoms. The van der Waals surface area contributed by atoms with Crippen LogP contribution in [0, 0.1) is 0 Å². The number of piperidine rings is 1. The molecule has 98 valence electrons. The Bertz CT molecular complexity index is 253. The van der Waals surface area contributed by atoms with Crippen LogP contribution in [-0.2, 0) is 0 Å². The molecule has 2 heterocycles. The summed E-state index contributed by atoms with van der Waals surface area (Å²) in [6, 6.07) is 1.86. The van der Waals surface area contributed by atoms with Gasteiger partial charge in [-0.2, -0.15) is 0 Å². The van der Waals surface area contributed by atoms with Crippen molar-refractivity contribution >= 4 is 0 Å². The Morgan fingerprint density at radius 2 is 1.76 bits per heavy atom. The first-order chi connectivity index (χ1) is 8.36. The third-order valence-electron chi connectivity index (χ3n) is 5.02. The zero-order valence-electron chi connectivity index (χ0n) is 10.8. The maximum Gasteiger partial charge on any atom is 0.0695 e. The van der Waals surface area contributed by atoms with Crippen LogP contribution in [0.15, 0.2) is 0 Å². The Labute approximate surface area is 105 Å². The third kappa shape index (κ3) is 2.38. The fourth-order valence-corrected chi connectivity index (χ4v) is 4.17. The minimum atomic E-state index is -0.0583. The van der Waals surface area contributed by atoms with Crippen molar-refractivity contribution in [2.24, 2.45) is 0 Å². The molecule has 0 aromatic carbocycles. The summed E-state index contributed by atoms with van der Waals surface area (Å²) in [4.78, 5) is 2.66. The van der Waals surface area contributed by atoms with E-state index in [9.17, 15) is 5.11 Å². The molecule has 0 aromatic heterocycles. The summed E-state index contributed by atoms with van der Waals surface area (Å²) in [5.41, 5.74) is 0. The lowest BCUT2D eigenvalue weighted by molar-refractivity contribution is 0.0140. The quantitative estimate of drug-likeness (QED) is 0.765. The predicted molar refractivity (Wildman–Crippen MR) is 69.0 cm³/mol. The molecule has 1 aliphatic carbocycles. The number of aliphatic hydroxyl groups excluding tert-OH is 1. The molecule has 4 atom stereocenters. The molecule has 3 heteroatoms. The maximum absolute atomic E-state index is 10.1. The Hall–Kier alpha value is -0.120. The molecule has 0 radical (unpaired) electrons. The topological polar surface area (TPSA) is 35.5 Å². The number of hydrogen-bond donors (Lipinski definition) is 2. The Morgan fingerprint density at radius 3 is 2.47 bits per heavy atom. The monoisotopic (exact) mass is 238 g/mol. The van der Waals surface area contributed by atoms with E-state index in [1.807, 2.05) is 0 Å². The van der Waals surface area contributed by atoms with E-state index in [4.69, 9.17) is 0 Å². The standard InChI is InChI=1S/C14H26N2O/c17-14-8-3-7-13(14)16-10-2-1-6-12(16)11-5-4-9-15-11/h11-15,17H,1-10H2. The van der Waals surface area contributed by atoms with E-state index < -0.39 is 0 Å². The van der Waals surface area contributed by atoms with E-state index in [1.54, 1.807) is 0 Å². The SMILES string of the molecule is OC1CCCC1N1CCCCC1C1CCCN1. The van der Waals surface area contributed by atoms with Crippen LogP contribution in [0.2, 0.25) is 0 Å². The smallest absolute Gasteiger partial charge is 0.0695 e. The average Bonchev–Trinajstić information content (AvgIpc) is 3.00. The first-order valence-corrected chi connectivity index (χ1v) is 7.53. The summed E-state index contributed by atoms with van der Waals surface area (Å²) in [5.74, 6) is 0. The lowest BCUT2D eigenvalue weighted by atomic mass is 9.92. The van der Waals surface area contributed by atoms with Gasteiger partial charge < -0.3 is 10.4 Å². The molecule has 2 saturated heterocycles. The zero-order chi connectivity index (χ0) is 11.7. The van der Waals surface area contributed by atoms with Crippen molar-refractivity contribution in [2.45, 2.75) is 75.6 Å². The minimum absolute atomic E-state index is 0.0583. The van der Waals surface area contributed by atoms with Crippen LogP contribution < -0.4 is 5.32 Å². The largest absolute Gasteiger partial charge is 0.391 e. The van der Waals surface area contributed by atoms with Gasteiger partial charge in [-0.3, -0.25) is 4.90 Å². The molecular formula is C14H26N2O. The van der Waals surface area contributed by atoms with Gasteiger partial charge >= 0.3 is 0 Å². The van der Waals surface area contributed by atoms with E-state index in [0.717, 1.165) is 6.42 Å². The molecule has 2 aliphatic heterocycles. The van der Waals surface area contributed by atoms with E-state index in [2.05, 4.69) is 10.2 Å². The molecule has 0 bridgehead atoms. The van der Waals surface area contributed by atoms with Crippen LogP contribution in [0.1, 0.15) is 51.4 Å². The van der Waals surface area contributed by atoms with Crippen LogP contribution in [0.3, 0.4) is 0 Å². The van der Waals surface area contributed by atoms with Gasteiger partial charge in [0, 0.05) is 18.1 Å². The summed E-state index contributed by atoms with van der Waals surface area (Å²) in [6.07, 6.45) is 10.1. The van der Waals surface area contributed by atoms with Crippen LogP contribution in [-0.4, -0.2) is 47.3 Å².